The number of nitrogens with zero attached hydrogens (tertiary/aromatic N) is 4. The number of fused-ring (bicyclic) bond motifs is 1. The fourth-order valence-corrected chi connectivity index (χ4v) is 3.34. The molecule has 2 aromatic heterocycles. The van der Waals surface area contributed by atoms with Crippen molar-refractivity contribution >= 4 is 11.8 Å². The molecule has 26 heavy (non-hydrogen) atoms. The van der Waals surface area contributed by atoms with Crippen LogP contribution in [0.1, 0.15) is 64.3 Å². The molecule has 3 heterocycles. The van der Waals surface area contributed by atoms with Crippen molar-refractivity contribution in [2.24, 2.45) is 0 Å². The number of β-amino-alcohol motifs (C(OH)–C–C–N with tert-alkyl or cyclic N) is 1. The zero-order valence-electron chi connectivity index (χ0n) is 14.1. The molecule has 10 nitrogen and oxygen atoms in total. The molecule has 0 radical (unpaired) electrons. The minimum Gasteiger partial charge on any atom is -0.389 e. The number of hydrogen-bond acceptors (Lipinski definition) is 7. The van der Waals surface area contributed by atoms with Gasteiger partial charge in [-0.1, -0.05) is 18.0 Å². The summed E-state index contributed by atoms with van der Waals surface area (Å²) in [5.74, 6) is 0.550. The molecule has 0 unspecified atom stereocenters. The highest BCUT2D eigenvalue weighted by atomic mass is 16.5. The molecule has 1 atom stereocenters. The molecule has 1 saturated carbocycles. The van der Waals surface area contributed by atoms with Gasteiger partial charge in [-0.3, -0.25) is 14.3 Å². The van der Waals surface area contributed by atoms with Crippen molar-refractivity contribution < 1.29 is 19.2 Å². The zero-order chi connectivity index (χ0) is 18.1. The summed E-state index contributed by atoms with van der Waals surface area (Å²) in [4.78, 5) is 28.6. The van der Waals surface area contributed by atoms with Crippen LogP contribution >= 0.6 is 0 Å². The number of nitrogens with one attached hydrogen (secondary N) is 2. The maximum atomic E-state index is 12.3. The van der Waals surface area contributed by atoms with E-state index in [1.165, 1.54) is 23.6 Å². The Hall–Kier alpha value is -2.75. The van der Waals surface area contributed by atoms with E-state index in [1.807, 2.05) is 0 Å². The third-order valence-electron chi connectivity index (χ3n) is 4.72. The van der Waals surface area contributed by atoms with E-state index in [9.17, 15) is 14.7 Å². The SMILES string of the molecule is O=C(NCc1noc(C2CCCC2)n1)c1cc2n(n1)C[C@@H](O)CNC2=O. The van der Waals surface area contributed by atoms with Crippen LogP contribution in [0.4, 0.5) is 0 Å². The number of rotatable bonds is 4. The second-order valence-corrected chi connectivity index (χ2v) is 6.67. The van der Waals surface area contributed by atoms with E-state index in [4.69, 9.17) is 4.52 Å². The second kappa shape index (κ2) is 6.87. The van der Waals surface area contributed by atoms with Gasteiger partial charge in [0.15, 0.2) is 11.5 Å². The maximum absolute atomic E-state index is 12.3. The van der Waals surface area contributed by atoms with Gasteiger partial charge in [0.2, 0.25) is 5.89 Å². The van der Waals surface area contributed by atoms with Crippen LogP contribution in [0.3, 0.4) is 0 Å². The van der Waals surface area contributed by atoms with Gasteiger partial charge >= 0.3 is 0 Å². The minimum absolute atomic E-state index is 0.101. The molecule has 2 amide bonds. The molecule has 0 aromatic carbocycles. The minimum atomic E-state index is -0.746. The molecule has 1 aliphatic carbocycles. The second-order valence-electron chi connectivity index (χ2n) is 6.67. The van der Waals surface area contributed by atoms with Gasteiger partial charge in [-0.25, -0.2) is 0 Å². The molecule has 138 valence electrons. The Morgan fingerprint density at radius 3 is 3.04 bits per heavy atom. The smallest absolute Gasteiger partial charge is 0.272 e. The molecule has 0 saturated heterocycles. The van der Waals surface area contributed by atoms with E-state index in [-0.39, 0.29) is 36.9 Å². The van der Waals surface area contributed by atoms with E-state index in [2.05, 4.69) is 25.9 Å². The number of carbonyl (C=O) groups is 2. The average Bonchev–Trinajstić information content (AvgIpc) is 3.35. The first kappa shape index (κ1) is 16.7. The van der Waals surface area contributed by atoms with Crippen LogP contribution in [0.25, 0.3) is 0 Å². The van der Waals surface area contributed by atoms with Crippen molar-refractivity contribution in [2.75, 3.05) is 6.54 Å². The number of aromatic nitrogens is 4. The highest BCUT2D eigenvalue weighted by Crippen LogP contribution is 2.32. The molecule has 1 fully saturated rings. The van der Waals surface area contributed by atoms with Crippen molar-refractivity contribution in [3.8, 4) is 0 Å². The molecular formula is C16H20N6O4. The third kappa shape index (κ3) is 3.32. The van der Waals surface area contributed by atoms with E-state index in [0.717, 1.165) is 12.8 Å². The molecule has 2 aliphatic rings. The van der Waals surface area contributed by atoms with Gasteiger partial charge in [0.25, 0.3) is 11.8 Å². The fourth-order valence-electron chi connectivity index (χ4n) is 3.34. The Balaban J connectivity index is 1.40. The van der Waals surface area contributed by atoms with Crippen molar-refractivity contribution in [1.29, 1.82) is 0 Å². The molecule has 0 spiro atoms. The van der Waals surface area contributed by atoms with Crippen molar-refractivity contribution in [3.63, 3.8) is 0 Å². The summed E-state index contributed by atoms with van der Waals surface area (Å²) < 4.78 is 6.62. The molecule has 3 N–H and O–H groups in total. The molecule has 0 bridgehead atoms. The van der Waals surface area contributed by atoms with Gasteiger partial charge in [-0.15, -0.1) is 0 Å². The van der Waals surface area contributed by atoms with Gasteiger partial charge in [0.1, 0.15) is 5.69 Å². The number of aliphatic hydroxyl groups excluding tert-OH is 1. The van der Waals surface area contributed by atoms with E-state index in [0.29, 0.717) is 17.6 Å². The monoisotopic (exact) mass is 360 g/mol. The molecule has 2 aromatic rings. The maximum Gasteiger partial charge on any atom is 0.272 e. The number of hydrogen-bond donors (Lipinski definition) is 3. The first-order valence-corrected chi connectivity index (χ1v) is 8.75. The van der Waals surface area contributed by atoms with Crippen LogP contribution < -0.4 is 10.6 Å². The first-order chi connectivity index (χ1) is 12.6. The summed E-state index contributed by atoms with van der Waals surface area (Å²) in [6.07, 6.45) is 3.72. The summed E-state index contributed by atoms with van der Waals surface area (Å²) in [7, 11) is 0. The van der Waals surface area contributed by atoms with Crippen LogP contribution in [0, 0.1) is 0 Å². The van der Waals surface area contributed by atoms with Crippen LogP contribution in [-0.4, -0.2) is 49.5 Å². The normalized spacial score (nSPS) is 20.5. The van der Waals surface area contributed by atoms with Crippen molar-refractivity contribution in [2.45, 2.75) is 50.8 Å². The predicted molar refractivity (Wildman–Crippen MR) is 87.2 cm³/mol. The Kier molecular flexibility index (Phi) is 4.41. The van der Waals surface area contributed by atoms with E-state index >= 15 is 0 Å². The van der Waals surface area contributed by atoms with Crippen molar-refractivity contribution in [1.82, 2.24) is 30.6 Å². The Bertz CT molecular complexity index is 823. The summed E-state index contributed by atoms with van der Waals surface area (Å²) in [6.45, 7) is 0.424. The predicted octanol–water partition coefficient (Wildman–Crippen LogP) is -0.0420. The first-order valence-electron chi connectivity index (χ1n) is 8.75. The summed E-state index contributed by atoms with van der Waals surface area (Å²) >= 11 is 0. The molecule has 10 heteroatoms. The highest BCUT2D eigenvalue weighted by Gasteiger charge is 2.25. The lowest BCUT2D eigenvalue weighted by molar-refractivity contribution is 0.0931. The van der Waals surface area contributed by atoms with Crippen LogP contribution in [0.5, 0.6) is 0 Å². The Labute approximate surface area is 149 Å². The van der Waals surface area contributed by atoms with Crippen molar-refractivity contribution in [3.05, 3.63) is 29.2 Å². The summed E-state index contributed by atoms with van der Waals surface area (Å²) in [6, 6.07) is 1.41. The third-order valence-corrected chi connectivity index (χ3v) is 4.72. The standard InChI is InChI=1S/C16H20N6O4/c23-10-6-17-15(25)12-5-11(20-22(12)8-10)14(24)18-7-13-19-16(26-21-13)9-3-1-2-4-9/h5,9-10,23H,1-4,6-8H2,(H,17,25)(H,18,24)/t10-/m0/s1. The van der Waals surface area contributed by atoms with E-state index < -0.39 is 12.0 Å². The molecule has 4 rings (SSSR count). The number of carbonyl (C=O) groups excluding carboxylic acids is 2. The van der Waals surface area contributed by atoms with Crippen LogP contribution in [0.2, 0.25) is 0 Å². The van der Waals surface area contributed by atoms with Gasteiger partial charge in [-0.2, -0.15) is 10.1 Å². The largest absolute Gasteiger partial charge is 0.389 e. The lowest BCUT2D eigenvalue weighted by atomic mass is 10.1. The topological polar surface area (TPSA) is 135 Å². The number of amides is 2. The van der Waals surface area contributed by atoms with Gasteiger partial charge < -0.3 is 20.3 Å². The number of aliphatic hydroxyl groups is 1. The summed E-state index contributed by atoms with van der Waals surface area (Å²) in [5, 5.41) is 23.0. The quantitative estimate of drug-likeness (QED) is 0.696. The molecule has 1 aliphatic heterocycles. The summed E-state index contributed by atoms with van der Waals surface area (Å²) in [5.41, 5.74) is 0.346. The van der Waals surface area contributed by atoms with Gasteiger partial charge in [0, 0.05) is 18.5 Å². The lowest BCUT2D eigenvalue weighted by Crippen LogP contribution is -2.30. The Morgan fingerprint density at radius 2 is 2.23 bits per heavy atom. The van der Waals surface area contributed by atoms with Crippen LogP contribution in [-0.2, 0) is 13.1 Å². The van der Waals surface area contributed by atoms with Crippen LogP contribution in [0.15, 0.2) is 10.6 Å². The zero-order valence-corrected chi connectivity index (χ0v) is 14.1. The van der Waals surface area contributed by atoms with E-state index in [1.54, 1.807) is 0 Å². The fraction of sp³-hybridized carbons (Fsp3) is 0.562. The van der Waals surface area contributed by atoms with Gasteiger partial charge in [0.05, 0.1) is 19.2 Å². The van der Waals surface area contributed by atoms with Gasteiger partial charge in [-0.05, 0) is 12.8 Å². The molecular weight excluding hydrogens is 340 g/mol. The highest BCUT2D eigenvalue weighted by molar-refractivity contribution is 5.98. The lowest BCUT2D eigenvalue weighted by Gasteiger charge is -2.06. The average molecular weight is 360 g/mol. The Morgan fingerprint density at radius 1 is 1.42 bits per heavy atom.